The quantitative estimate of drug-likeness (QED) is 0.379. The lowest BCUT2D eigenvalue weighted by Gasteiger charge is -2.49. The maximum atomic E-state index is 13.1. The molecule has 2 aliphatic heterocycles. The number of nitrogens with zero attached hydrogens (tertiary/aromatic N) is 2. The molecule has 0 unspecified atom stereocenters. The highest BCUT2D eigenvalue weighted by Crippen LogP contribution is 2.49. The summed E-state index contributed by atoms with van der Waals surface area (Å²) in [7, 11) is 4.42. The highest BCUT2D eigenvalue weighted by atomic mass is 16.1. The van der Waals surface area contributed by atoms with Crippen molar-refractivity contribution < 1.29 is 4.79 Å². The summed E-state index contributed by atoms with van der Waals surface area (Å²) in [4.78, 5) is 17.9. The fraction of sp³-hybridized carbons (Fsp3) is 0.962. The molecule has 0 aromatic heterocycles. The van der Waals surface area contributed by atoms with E-state index in [4.69, 9.17) is 5.73 Å². The van der Waals surface area contributed by atoms with E-state index in [1.807, 2.05) is 0 Å². The summed E-state index contributed by atoms with van der Waals surface area (Å²) < 4.78 is 0. The van der Waals surface area contributed by atoms with E-state index in [1.165, 1.54) is 64.2 Å². The highest BCUT2D eigenvalue weighted by molar-refractivity contribution is 5.81. The number of piperidine rings is 2. The zero-order chi connectivity index (χ0) is 21.8. The standard InChI is InChI=1S/C26H51N3O/c1-4-5-6-7-8-9-10-11-12-13-18-26(25(27)30,23-14-19-28(2)20-15-23)24-16-21-29(3)22-17-24/h23-24H,4-22H2,1-3H3,(H2,27,30). The lowest BCUT2D eigenvalue weighted by Crippen LogP contribution is -2.54. The summed E-state index contributed by atoms with van der Waals surface area (Å²) in [6.07, 6.45) is 19.0. The monoisotopic (exact) mass is 421 g/mol. The van der Waals surface area contributed by atoms with E-state index in [-0.39, 0.29) is 11.3 Å². The molecule has 0 radical (unpaired) electrons. The van der Waals surface area contributed by atoms with Gasteiger partial charge in [0, 0.05) is 0 Å². The molecule has 2 aliphatic rings. The van der Waals surface area contributed by atoms with Crippen molar-refractivity contribution in [3.63, 3.8) is 0 Å². The van der Waals surface area contributed by atoms with Crippen LogP contribution in [0.4, 0.5) is 0 Å². The number of nitrogens with two attached hydrogens (primary N) is 1. The van der Waals surface area contributed by atoms with E-state index < -0.39 is 0 Å². The van der Waals surface area contributed by atoms with Crippen LogP contribution >= 0.6 is 0 Å². The fourth-order valence-corrected chi connectivity index (χ4v) is 6.22. The van der Waals surface area contributed by atoms with Gasteiger partial charge in [-0.3, -0.25) is 4.79 Å². The number of hydrogen-bond donors (Lipinski definition) is 1. The Morgan fingerprint density at radius 1 is 0.733 bits per heavy atom. The van der Waals surface area contributed by atoms with Crippen LogP contribution in [0.25, 0.3) is 0 Å². The molecule has 2 saturated heterocycles. The molecule has 0 aromatic rings. The van der Waals surface area contributed by atoms with Crippen molar-refractivity contribution in [3.05, 3.63) is 0 Å². The summed E-state index contributed by atoms with van der Waals surface area (Å²) in [5.41, 5.74) is 6.00. The lowest BCUT2D eigenvalue weighted by atomic mass is 9.58. The van der Waals surface area contributed by atoms with Crippen molar-refractivity contribution in [2.24, 2.45) is 23.0 Å². The molecule has 176 valence electrons. The Labute approximate surface area is 187 Å². The van der Waals surface area contributed by atoms with Crippen molar-refractivity contribution in [3.8, 4) is 0 Å². The second-order valence-corrected chi connectivity index (χ2v) is 10.5. The van der Waals surface area contributed by atoms with Gasteiger partial charge in [0.2, 0.25) is 5.91 Å². The number of carbonyl (C=O) groups is 1. The summed E-state index contributed by atoms with van der Waals surface area (Å²) in [5.74, 6) is 0.985. The number of primary amides is 1. The zero-order valence-corrected chi connectivity index (χ0v) is 20.5. The van der Waals surface area contributed by atoms with Gasteiger partial charge >= 0.3 is 0 Å². The van der Waals surface area contributed by atoms with Crippen LogP contribution in [0, 0.1) is 17.3 Å². The van der Waals surface area contributed by atoms with Crippen LogP contribution in [0.3, 0.4) is 0 Å². The molecule has 2 heterocycles. The van der Waals surface area contributed by atoms with Gasteiger partial charge in [0.15, 0.2) is 0 Å². The minimum atomic E-state index is -0.261. The number of likely N-dealkylation sites (tertiary alicyclic amines) is 2. The highest BCUT2D eigenvalue weighted by Gasteiger charge is 2.50. The van der Waals surface area contributed by atoms with Gasteiger partial charge in [-0.2, -0.15) is 0 Å². The number of unbranched alkanes of at least 4 members (excludes halogenated alkanes) is 9. The fourth-order valence-electron chi connectivity index (χ4n) is 6.22. The second-order valence-electron chi connectivity index (χ2n) is 10.5. The molecule has 0 atom stereocenters. The predicted molar refractivity (Wildman–Crippen MR) is 129 cm³/mol. The third kappa shape index (κ3) is 7.51. The third-order valence-corrected chi connectivity index (χ3v) is 8.30. The number of amides is 1. The molecule has 4 nitrogen and oxygen atoms in total. The first-order valence-corrected chi connectivity index (χ1v) is 13.2. The Balaban J connectivity index is 1.87. The maximum Gasteiger partial charge on any atom is 0.224 e. The third-order valence-electron chi connectivity index (χ3n) is 8.30. The Bertz CT molecular complexity index is 443. The van der Waals surface area contributed by atoms with Crippen molar-refractivity contribution in [1.82, 2.24) is 9.80 Å². The Morgan fingerprint density at radius 3 is 1.47 bits per heavy atom. The molecule has 0 aromatic carbocycles. The van der Waals surface area contributed by atoms with Crippen LogP contribution in [0.1, 0.15) is 103 Å². The largest absolute Gasteiger partial charge is 0.369 e. The van der Waals surface area contributed by atoms with Gasteiger partial charge < -0.3 is 15.5 Å². The van der Waals surface area contributed by atoms with E-state index in [0.29, 0.717) is 11.8 Å². The van der Waals surface area contributed by atoms with Crippen LogP contribution in [0.2, 0.25) is 0 Å². The first kappa shape index (κ1) is 25.6. The molecule has 30 heavy (non-hydrogen) atoms. The van der Waals surface area contributed by atoms with Gasteiger partial charge in [-0.25, -0.2) is 0 Å². The summed E-state index contributed by atoms with van der Waals surface area (Å²) in [6, 6.07) is 0. The van der Waals surface area contributed by atoms with Crippen LogP contribution in [0.15, 0.2) is 0 Å². The first-order chi connectivity index (χ1) is 14.5. The molecule has 0 saturated carbocycles. The zero-order valence-electron chi connectivity index (χ0n) is 20.5. The number of carbonyl (C=O) groups excluding carboxylic acids is 1. The molecule has 0 spiro atoms. The predicted octanol–water partition coefficient (Wildman–Crippen LogP) is 5.45. The number of hydrogen-bond acceptors (Lipinski definition) is 3. The van der Waals surface area contributed by atoms with Gasteiger partial charge in [-0.05, 0) is 84.2 Å². The molecule has 0 bridgehead atoms. The molecule has 4 heteroatoms. The Kier molecular flexibility index (Phi) is 11.7. The Hall–Kier alpha value is -0.610. The number of rotatable bonds is 14. The smallest absolute Gasteiger partial charge is 0.224 e. The van der Waals surface area contributed by atoms with Crippen LogP contribution < -0.4 is 5.73 Å². The summed E-state index contributed by atoms with van der Waals surface area (Å²) in [6.45, 7) is 6.74. The van der Waals surface area contributed by atoms with Gasteiger partial charge in [0.05, 0.1) is 5.41 Å². The van der Waals surface area contributed by atoms with Crippen LogP contribution in [0.5, 0.6) is 0 Å². The molecule has 1 amide bonds. The average molecular weight is 422 g/mol. The average Bonchev–Trinajstić information content (AvgIpc) is 2.74. The Morgan fingerprint density at radius 2 is 1.10 bits per heavy atom. The SMILES string of the molecule is CCCCCCCCCCCCC(C(N)=O)(C1CCN(C)CC1)C1CCN(C)CC1. The van der Waals surface area contributed by atoms with E-state index in [2.05, 4.69) is 30.8 Å². The summed E-state index contributed by atoms with van der Waals surface area (Å²) >= 11 is 0. The van der Waals surface area contributed by atoms with Gasteiger partial charge in [-0.1, -0.05) is 71.1 Å². The minimum Gasteiger partial charge on any atom is -0.369 e. The van der Waals surface area contributed by atoms with E-state index in [1.54, 1.807) is 0 Å². The van der Waals surface area contributed by atoms with Crippen molar-refractivity contribution in [1.29, 1.82) is 0 Å². The molecule has 0 aliphatic carbocycles. The molecule has 2 N–H and O–H groups in total. The molecule has 2 rings (SSSR count). The van der Waals surface area contributed by atoms with Gasteiger partial charge in [0.1, 0.15) is 0 Å². The topological polar surface area (TPSA) is 49.6 Å². The second kappa shape index (κ2) is 13.7. The van der Waals surface area contributed by atoms with Crippen LogP contribution in [-0.4, -0.2) is 56.0 Å². The van der Waals surface area contributed by atoms with Crippen molar-refractivity contribution in [2.75, 3.05) is 40.3 Å². The molecule has 2 fully saturated rings. The minimum absolute atomic E-state index is 0.0162. The van der Waals surface area contributed by atoms with Gasteiger partial charge in [-0.15, -0.1) is 0 Å². The van der Waals surface area contributed by atoms with Crippen molar-refractivity contribution >= 4 is 5.91 Å². The van der Waals surface area contributed by atoms with Crippen LogP contribution in [-0.2, 0) is 4.79 Å². The normalized spacial score (nSPS) is 20.6. The van der Waals surface area contributed by atoms with E-state index in [9.17, 15) is 4.79 Å². The molecular formula is C26H51N3O. The summed E-state index contributed by atoms with van der Waals surface area (Å²) in [5, 5.41) is 0. The first-order valence-electron chi connectivity index (χ1n) is 13.2. The van der Waals surface area contributed by atoms with Crippen molar-refractivity contribution in [2.45, 2.75) is 103 Å². The lowest BCUT2D eigenvalue weighted by molar-refractivity contribution is -0.140. The van der Waals surface area contributed by atoms with Gasteiger partial charge in [0.25, 0.3) is 0 Å². The van der Waals surface area contributed by atoms with E-state index in [0.717, 1.165) is 58.3 Å². The molecular weight excluding hydrogens is 370 g/mol. The maximum absolute atomic E-state index is 13.1. The van der Waals surface area contributed by atoms with E-state index >= 15 is 0 Å².